The lowest BCUT2D eigenvalue weighted by atomic mass is 10.0. The quantitative estimate of drug-likeness (QED) is 0.569. The summed E-state index contributed by atoms with van der Waals surface area (Å²) in [4.78, 5) is 12.2. The summed E-state index contributed by atoms with van der Waals surface area (Å²) in [6.07, 6.45) is -6.26. The topological polar surface area (TPSA) is 34.0 Å². The van der Waals surface area contributed by atoms with Gasteiger partial charge in [0.2, 0.25) is 0 Å². The fourth-order valence-electron chi connectivity index (χ4n) is 2.70. The molecule has 1 N–H and O–H groups in total. The molecule has 0 aliphatic heterocycles. The maximum absolute atomic E-state index is 12.9. The monoisotopic (exact) mass is 412 g/mol. The molecule has 0 aliphatic carbocycles. The lowest BCUT2D eigenvalue weighted by Crippen LogP contribution is -2.23. The molecule has 0 atom stereocenters. The molecule has 0 fully saturated rings. The Morgan fingerprint density at radius 3 is 1.83 bits per heavy atom. The second-order valence-corrected chi connectivity index (χ2v) is 6.23. The first-order valence-electron chi connectivity index (χ1n) is 8.34. The van der Waals surface area contributed by atoms with Crippen LogP contribution in [0.5, 0.6) is 0 Å². The van der Waals surface area contributed by atoms with Gasteiger partial charge in [-0.3, -0.25) is 4.79 Å². The van der Waals surface area contributed by atoms with E-state index in [-0.39, 0.29) is 17.2 Å². The van der Waals surface area contributed by atoms with Crippen molar-refractivity contribution in [3.05, 3.63) is 89.2 Å². The van der Waals surface area contributed by atoms with Gasteiger partial charge in [-0.15, -0.1) is 0 Å². The summed E-state index contributed by atoms with van der Waals surface area (Å²) in [5.74, 6) is -0.616. The number of carbonyl (C=O) groups is 1. The molecule has 2 aromatic carbocycles. The summed E-state index contributed by atoms with van der Waals surface area (Å²) < 4.78 is 79.2. The van der Waals surface area contributed by atoms with Crippen molar-refractivity contribution in [3.8, 4) is 5.69 Å². The highest BCUT2D eigenvalue weighted by atomic mass is 19.4. The molecule has 9 heteroatoms. The summed E-state index contributed by atoms with van der Waals surface area (Å²) in [6, 6.07) is 11.2. The van der Waals surface area contributed by atoms with Gasteiger partial charge in [0.05, 0.1) is 11.1 Å². The average molecular weight is 412 g/mol. The van der Waals surface area contributed by atoms with Gasteiger partial charge in [-0.05, 0) is 60.2 Å². The molecule has 0 bridgehead atoms. The van der Waals surface area contributed by atoms with Crippen molar-refractivity contribution in [3.63, 3.8) is 0 Å². The molecule has 29 heavy (non-hydrogen) atoms. The highest BCUT2D eigenvalue weighted by molar-refractivity contribution is 5.94. The molecule has 1 heterocycles. The second-order valence-electron chi connectivity index (χ2n) is 6.23. The summed E-state index contributed by atoms with van der Waals surface area (Å²) in [5, 5.41) is 2.35. The zero-order chi connectivity index (χ0) is 21.2. The Hall–Kier alpha value is -3.23. The van der Waals surface area contributed by atoms with E-state index in [1.165, 1.54) is 12.1 Å². The number of hydrogen-bond acceptors (Lipinski definition) is 1. The van der Waals surface area contributed by atoms with E-state index in [2.05, 4.69) is 5.32 Å². The van der Waals surface area contributed by atoms with Gasteiger partial charge >= 0.3 is 12.4 Å². The smallest absolute Gasteiger partial charge is 0.348 e. The molecule has 0 radical (unpaired) electrons. The first-order valence-corrected chi connectivity index (χ1v) is 8.34. The third-order valence-corrected chi connectivity index (χ3v) is 4.13. The van der Waals surface area contributed by atoms with Crippen molar-refractivity contribution in [2.75, 3.05) is 0 Å². The Labute approximate surface area is 161 Å². The molecule has 3 aromatic rings. The van der Waals surface area contributed by atoms with Crippen LogP contribution in [0, 0.1) is 0 Å². The van der Waals surface area contributed by atoms with Crippen LogP contribution in [-0.4, -0.2) is 10.5 Å². The zero-order valence-corrected chi connectivity index (χ0v) is 14.7. The van der Waals surface area contributed by atoms with Crippen LogP contribution in [0.4, 0.5) is 26.3 Å². The van der Waals surface area contributed by atoms with Gasteiger partial charge in [0.1, 0.15) is 0 Å². The molecular formula is C20H14F6N2O. The van der Waals surface area contributed by atoms with Gasteiger partial charge in [-0.1, -0.05) is 0 Å². The molecule has 3 nitrogen and oxygen atoms in total. The number of amides is 1. The third kappa shape index (κ3) is 4.98. The Bertz CT molecular complexity index is 957. The van der Waals surface area contributed by atoms with Crippen LogP contribution in [-0.2, 0) is 18.9 Å². The van der Waals surface area contributed by atoms with Crippen LogP contribution in [0.3, 0.4) is 0 Å². The minimum absolute atomic E-state index is 0.0469. The van der Waals surface area contributed by atoms with E-state index in [0.717, 1.165) is 5.69 Å². The normalized spacial score (nSPS) is 12.1. The average Bonchev–Trinajstić information content (AvgIpc) is 3.19. The fourth-order valence-corrected chi connectivity index (χ4v) is 2.70. The molecule has 152 valence electrons. The van der Waals surface area contributed by atoms with E-state index in [1.54, 1.807) is 24.5 Å². The van der Waals surface area contributed by atoms with Crippen molar-refractivity contribution in [1.29, 1.82) is 0 Å². The standard InChI is InChI=1S/C20H14F6N2O/c21-19(22,23)15-9-13(10-16(11-15)20(24,25)26)12-27-18(29)14-3-5-17(6-4-14)28-7-1-2-8-28/h1-11H,12H2,(H,27,29). The van der Waals surface area contributed by atoms with Crippen molar-refractivity contribution in [2.24, 2.45) is 0 Å². The molecule has 0 spiro atoms. The molecule has 1 amide bonds. The number of alkyl halides is 6. The molecule has 0 unspecified atom stereocenters. The SMILES string of the molecule is O=C(NCc1cc(C(F)(F)F)cc(C(F)(F)F)c1)c1ccc(-n2cccc2)cc1. The lowest BCUT2D eigenvalue weighted by Gasteiger charge is -2.14. The summed E-state index contributed by atoms with van der Waals surface area (Å²) in [5.41, 5.74) is -2.13. The predicted molar refractivity (Wildman–Crippen MR) is 93.4 cm³/mol. The summed E-state index contributed by atoms with van der Waals surface area (Å²) in [6.45, 7) is -0.481. The molecular weight excluding hydrogens is 398 g/mol. The number of carbonyl (C=O) groups excluding carboxylic acids is 1. The van der Waals surface area contributed by atoms with Crippen LogP contribution >= 0.6 is 0 Å². The van der Waals surface area contributed by atoms with E-state index in [4.69, 9.17) is 0 Å². The molecule has 3 rings (SSSR count). The van der Waals surface area contributed by atoms with Gasteiger partial charge in [-0.25, -0.2) is 0 Å². The zero-order valence-electron chi connectivity index (χ0n) is 14.7. The largest absolute Gasteiger partial charge is 0.416 e. The molecule has 0 aliphatic rings. The maximum atomic E-state index is 12.9. The van der Waals surface area contributed by atoms with Crippen molar-refractivity contribution in [2.45, 2.75) is 18.9 Å². The first kappa shape index (κ1) is 20.5. The van der Waals surface area contributed by atoms with E-state index in [9.17, 15) is 31.1 Å². The van der Waals surface area contributed by atoms with E-state index >= 15 is 0 Å². The molecule has 1 aromatic heterocycles. The van der Waals surface area contributed by atoms with Gasteiger partial charge < -0.3 is 9.88 Å². The van der Waals surface area contributed by atoms with Crippen molar-refractivity contribution >= 4 is 5.91 Å². The Morgan fingerprint density at radius 1 is 0.828 bits per heavy atom. The van der Waals surface area contributed by atoms with Gasteiger partial charge in [0.15, 0.2) is 0 Å². The summed E-state index contributed by atoms with van der Waals surface area (Å²) >= 11 is 0. The van der Waals surface area contributed by atoms with Crippen LogP contribution in [0.25, 0.3) is 5.69 Å². The van der Waals surface area contributed by atoms with Gasteiger partial charge in [-0.2, -0.15) is 26.3 Å². The van der Waals surface area contributed by atoms with E-state index < -0.39 is 35.9 Å². The number of aromatic nitrogens is 1. The van der Waals surface area contributed by atoms with E-state index in [1.807, 2.05) is 16.7 Å². The lowest BCUT2D eigenvalue weighted by molar-refractivity contribution is -0.143. The second kappa shape index (κ2) is 7.65. The third-order valence-electron chi connectivity index (χ3n) is 4.13. The maximum Gasteiger partial charge on any atom is 0.416 e. The van der Waals surface area contributed by atoms with Crippen LogP contribution in [0.2, 0.25) is 0 Å². The summed E-state index contributed by atoms with van der Waals surface area (Å²) in [7, 11) is 0. The van der Waals surface area contributed by atoms with Crippen LogP contribution < -0.4 is 5.32 Å². The number of halogens is 6. The van der Waals surface area contributed by atoms with Crippen LogP contribution in [0.15, 0.2) is 67.0 Å². The minimum Gasteiger partial charge on any atom is -0.348 e. The first-order chi connectivity index (χ1) is 13.5. The fraction of sp³-hybridized carbons (Fsp3) is 0.150. The number of nitrogens with one attached hydrogen (secondary N) is 1. The number of rotatable bonds is 4. The minimum atomic E-state index is -4.94. The van der Waals surface area contributed by atoms with Crippen LogP contribution in [0.1, 0.15) is 27.0 Å². The van der Waals surface area contributed by atoms with Gasteiger partial charge in [0.25, 0.3) is 5.91 Å². The molecule has 0 saturated heterocycles. The Balaban J connectivity index is 1.75. The Kier molecular flexibility index (Phi) is 5.41. The van der Waals surface area contributed by atoms with Gasteiger partial charge in [0, 0.05) is 30.2 Å². The number of hydrogen-bond donors (Lipinski definition) is 1. The van der Waals surface area contributed by atoms with Crippen molar-refractivity contribution in [1.82, 2.24) is 9.88 Å². The highest BCUT2D eigenvalue weighted by Gasteiger charge is 2.36. The number of nitrogens with zero attached hydrogens (tertiary/aromatic N) is 1. The predicted octanol–water partition coefficient (Wildman–Crippen LogP) is 5.44. The molecule has 0 saturated carbocycles. The Morgan fingerprint density at radius 2 is 1.34 bits per heavy atom. The number of benzene rings is 2. The van der Waals surface area contributed by atoms with E-state index in [0.29, 0.717) is 12.1 Å². The van der Waals surface area contributed by atoms with Crippen molar-refractivity contribution < 1.29 is 31.1 Å². The highest BCUT2D eigenvalue weighted by Crippen LogP contribution is 2.36.